The minimum atomic E-state index is -3.61. The van der Waals surface area contributed by atoms with E-state index in [0.717, 1.165) is 6.42 Å². The summed E-state index contributed by atoms with van der Waals surface area (Å²) in [6.45, 7) is 4.43. The fraction of sp³-hybridized carbons (Fsp3) is 0.538. The fourth-order valence-corrected chi connectivity index (χ4v) is 4.14. The van der Waals surface area contributed by atoms with Crippen LogP contribution in [0.3, 0.4) is 0 Å². The van der Waals surface area contributed by atoms with Gasteiger partial charge in [-0.15, -0.1) is 0 Å². The van der Waals surface area contributed by atoms with Crippen molar-refractivity contribution in [2.24, 2.45) is 0 Å². The van der Waals surface area contributed by atoms with E-state index in [1.54, 1.807) is 37.4 Å². The lowest BCUT2D eigenvalue weighted by Crippen LogP contribution is -2.36. The molecule has 1 aromatic rings. The monoisotopic (exact) mass is 318 g/mol. The SMILES string of the molecule is CCCNc1ccccc1S(=O)(=O)NC(C)CS(C)=O. The summed E-state index contributed by atoms with van der Waals surface area (Å²) >= 11 is 0. The second-order valence-electron chi connectivity index (χ2n) is 4.69. The Morgan fingerprint density at radius 2 is 1.95 bits per heavy atom. The van der Waals surface area contributed by atoms with Crippen molar-refractivity contribution in [1.29, 1.82) is 0 Å². The highest BCUT2D eigenvalue weighted by molar-refractivity contribution is 7.89. The van der Waals surface area contributed by atoms with Crippen LogP contribution in [0.4, 0.5) is 5.69 Å². The molecule has 0 aliphatic rings. The second kappa shape index (κ2) is 7.75. The molecule has 0 fully saturated rings. The van der Waals surface area contributed by atoms with Gasteiger partial charge in [0.05, 0.1) is 5.69 Å². The van der Waals surface area contributed by atoms with Crippen molar-refractivity contribution in [1.82, 2.24) is 4.72 Å². The zero-order valence-corrected chi connectivity index (χ0v) is 13.7. The Bertz CT molecular complexity index is 558. The number of benzene rings is 1. The average molecular weight is 318 g/mol. The molecule has 114 valence electrons. The van der Waals surface area contributed by atoms with Crippen LogP contribution in [0.1, 0.15) is 20.3 Å². The lowest BCUT2D eigenvalue weighted by Gasteiger charge is -2.16. The first-order chi connectivity index (χ1) is 9.36. The lowest BCUT2D eigenvalue weighted by atomic mass is 10.3. The third-order valence-electron chi connectivity index (χ3n) is 2.58. The molecular weight excluding hydrogens is 296 g/mol. The van der Waals surface area contributed by atoms with Crippen molar-refractivity contribution < 1.29 is 12.6 Å². The number of sulfonamides is 1. The number of nitrogens with one attached hydrogen (secondary N) is 2. The van der Waals surface area contributed by atoms with E-state index < -0.39 is 20.8 Å². The van der Waals surface area contributed by atoms with Crippen LogP contribution in [-0.4, -0.2) is 37.2 Å². The van der Waals surface area contributed by atoms with Crippen molar-refractivity contribution in [3.63, 3.8) is 0 Å². The molecule has 0 amide bonds. The maximum Gasteiger partial charge on any atom is 0.242 e. The van der Waals surface area contributed by atoms with Gasteiger partial charge >= 0.3 is 0 Å². The normalized spacial score (nSPS) is 14.8. The molecule has 5 nitrogen and oxygen atoms in total. The van der Waals surface area contributed by atoms with E-state index in [1.165, 1.54) is 0 Å². The number of anilines is 1. The van der Waals surface area contributed by atoms with Crippen LogP contribution in [0, 0.1) is 0 Å². The smallest absolute Gasteiger partial charge is 0.242 e. The zero-order valence-electron chi connectivity index (χ0n) is 12.0. The highest BCUT2D eigenvalue weighted by Crippen LogP contribution is 2.20. The van der Waals surface area contributed by atoms with Gasteiger partial charge in [-0.05, 0) is 25.5 Å². The summed E-state index contributed by atoms with van der Waals surface area (Å²) < 4.78 is 38.4. The number of hydrogen-bond acceptors (Lipinski definition) is 4. The molecule has 0 saturated carbocycles. The van der Waals surface area contributed by atoms with Crippen LogP contribution >= 0.6 is 0 Å². The first-order valence-electron chi connectivity index (χ1n) is 6.52. The van der Waals surface area contributed by atoms with Crippen LogP contribution in [0.15, 0.2) is 29.2 Å². The van der Waals surface area contributed by atoms with Gasteiger partial charge in [0.1, 0.15) is 4.90 Å². The molecule has 0 aromatic heterocycles. The van der Waals surface area contributed by atoms with Crippen molar-refractivity contribution in [2.45, 2.75) is 31.2 Å². The molecule has 1 rings (SSSR count). The third kappa shape index (κ3) is 5.22. The first kappa shape index (κ1) is 17.1. The van der Waals surface area contributed by atoms with E-state index in [0.29, 0.717) is 18.0 Å². The number of hydrogen-bond donors (Lipinski definition) is 2. The van der Waals surface area contributed by atoms with Gasteiger partial charge in [0, 0.05) is 35.4 Å². The molecule has 1 aromatic carbocycles. The Morgan fingerprint density at radius 1 is 1.30 bits per heavy atom. The van der Waals surface area contributed by atoms with Gasteiger partial charge in [0.15, 0.2) is 0 Å². The van der Waals surface area contributed by atoms with E-state index >= 15 is 0 Å². The highest BCUT2D eigenvalue weighted by atomic mass is 32.2. The molecule has 2 N–H and O–H groups in total. The van der Waals surface area contributed by atoms with Crippen LogP contribution in [0.5, 0.6) is 0 Å². The first-order valence-corrected chi connectivity index (χ1v) is 9.73. The molecule has 2 unspecified atom stereocenters. The fourth-order valence-electron chi connectivity index (χ4n) is 1.82. The van der Waals surface area contributed by atoms with Gasteiger partial charge in [0.25, 0.3) is 0 Å². The molecule has 0 aliphatic carbocycles. The molecule has 7 heteroatoms. The molecular formula is C13H22N2O3S2. The minimum absolute atomic E-state index is 0.224. The molecule has 20 heavy (non-hydrogen) atoms. The van der Waals surface area contributed by atoms with Gasteiger partial charge in [-0.25, -0.2) is 13.1 Å². The van der Waals surface area contributed by atoms with Crippen LogP contribution in [-0.2, 0) is 20.8 Å². The Labute approximate surface area is 123 Å². The molecule has 0 bridgehead atoms. The van der Waals surface area contributed by atoms with Gasteiger partial charge in [-0.1, -0.05) is 19.1 Å². The second-order valence-corrected chi connectivity index (χ2v) is 7.85. The Balaban J connectivity index is 2.94. The maximum absolute atomic E-state index is 12.4. The van der Waals surface area contributed by atoms with E-state index in [4.69, 9.17) is 0 Å². The van der Waals surface area contributed by atoms with Gasteiger partial charge in [-0.2, -0.15) is 0 Å². The summed E-state index contributed by atoms with van der Waals surface area (Å²) in [5, 5.41) is 3.10. The summed E-state index contributed by atoms with van der Waals surface area (Å²) in [5.74, 6) is 0.295. The van der Waals surface area contributed by atoms with Gasteiger partial charge in [-0.3, -0.25) is 4.21 Å². The van der Waals surface area contributed by atoms with Crippen molar-refractivity contribution in [3.05, 3.63) is 24.3 Å². The van der Waals surface area contributed by atoms with E-state index in [2.05, 4.69) is 10.0 Å². The van der Waals surface area contributed by atoms with Crippen molar-refractivity contribution in [2.75, 3.05) is 23.9 Å². The van der Waals surface area contributed by atoms with Crippen LogP contribution in [0.2, 0.25) is 0 Å². The largest absolute Gasteiger partial charge is 0.384 e. The molecule has 0 heterocycles. The Morgan fingerprint density at radius 3 is 2.55 bits per heavy atom. The number of rotatable bonds is 8. The van der Waals surface area contributed by atoms with Crippen molar-refractivity contribution in [3.8, 4) is 0 Å². The summed E-state index contributed by atoms with van der Waals surface area (Å²) in [4.78, 5) is 0.224. The third-order valence-corrected chi connectivity index (χ3v) is 5.20. The van der Waals surface area contributed by atoms with Gasteiger partial charge < -0.3 is 5.32 Å². The molecule has 2 atom stereocenters. The average Bonchev–Trinajstić information content (AvgIpc) is 2.34. The lowest BCUT2D eigenvalue weighted by molar-refractivity contribution is 0.570. The summed E-state index contributed by atoms with van der Waals surface area (Å²) in [7, 11) is -4.65. The molecule has 0 saturated heterocycles. The number of para-hydroxylation sites is 1. The summed E-state index contributed by atoms with van der Waals surface area (Å²) in [6, 6.07) is 6.42. The van der Waals surface area contributed by atoms with Crippen LogP contribution in [0.25, 0.3) is 0 Å². The quantitative estimate of drug-likeness (QED) is 0.762. The molecule has 0 spiro atoms. The predicted octanol–water partition coefficient (Wildman–Crippen LogP) is 1.55. The maximum atomic E-state index is 12.4. The minimum Gasteiger partial charge on any atom is -0.384 e. The molecule has 0 aliphatic heterocycles. The molecule has 0 radical (unpaired) electrons. The topological polar surface area (TPSA) is 75.3 Å². The Hall–Kier alpha value is -0.920. The van der Waals surface area contributed by atoms with Gasteiger partial charge in [0.2, 0.25) is 10.0 Å². The van der Waals surface area contributed by atoms with E-state index in [1.807, 2.05) is 6.92 Å². The van der Waals surface area contributed by atoms with E-state index in [-0.39, 0.29) is 10.9 Å². The van der Waals surface area contributed by atoms with E-state index in [9.17, 15) is 12.6 Å². The summed E-state index contributed by atoms with van der Waals surface area (Å²) in [5.41, 5.74) is 0.590. The summed E-state index contributed by atoms with van der Waals surface area (Å²) in [6.07, 6.45) is 2.47. The standard InChI is InChI=1S/C13H22N2O3S2/c1-4-9-14-12-7-5-6-8-13(12)20(17,18)15-11(2)10-19(3)16/h5-8,11,14-15H,4,9-10H2,1-3H3. The predicted molar refractivity (Wildman–Crippen MR) is 83.9 cm³/mol. The zero-order chi connectivity index (χ0) is 15.2. The highest BCUT2D eigenvalue weighted by Gasteiger charge is 2.20. The van der Waals surface area contributed by atoms with Crippen molar-refractivity contribution >= 4 is 26.5 Å². The Kier molecular flexibility index (Phi) is 6.64. The van der Waals surface area contributed by atoms with Crippen LogP contribution < -0.4 is 10.0 Å².